The van der Waals surface area contributed by atoms with E-state index in [4.69, 9.17) is 37.5 Å². The number of Topliss-reactive ketones (excluding diaryl/α,β-unsaturated/α-hetero) is 1. The first-order valence-electron chi connectivity index (χ1n) is 10.9. The zero-order valence-corrected chi connectivity index (χ0v) is 19.3. The first-order chi connectivity index (χ1) is 15.6. The third-order valence-corrected chi connectivity index (χ3v) is 5.91. The second-order valence-corrected chi connectivity index (χ2v) is 8.76. The number of ether oxygens (including phenoxy) is 2. The molecule has 5 nitrogen and oxygen atoms in total. The summed E-state index contributed by atoms with van der Waals surface area (Å²) in [5, 5.41) is 4.37. The lowest BCUT2D eigenvalue weighted by molar-refractivity contribution is 0.0971. The molecule has 0 amide bonds. The van der Waals surface area contributed by atoms with E-state index in [1.807, 2.05) is 36.4 Å². The van der Waals surface area contributed by atoms with Crippen molar-refractivity contribution in [3.63, 3.8) is 0 Å². The minimum atomic E-state index is 0.191. The number of rotatable bonds is 8. The lowest BCUT2D eigenvalue weighted by Gasteiger charge is -2.20. The molecule has 0 aliphatic heterocycles. The van der Waals surface area contributed by atoms with Gasteiger partial charge >= 0.3 is 0 Å². The van der Waals surface area contributed by atoms with Gasteiger partial charge in [-0.1, -0.05) is 40.5 Å². The number of fused-ring (bicyclic) bond motifs is 2. The molecule has 2 aliphatic carbocycles. The Bertz CT molecular complexity index is 1040. The van der Waals surface area contributed by atoms with E-state index in [1.54, 1.807) is 6.08 Å². The van der Waals surface area contributed by atoms with Crippen molar-refractivity contribution in [3.05, 3.63) is 69.2 Å². The molecule has 0 unspecified atom stereocenters. The second-order valence-electron chi connectivity index (χ2n) is 7.76. The van der Waals surface area contributed by atoms with E-state index >= 15 is 0 Å². The molecule has 0 fully saturated rings. The molecule has 7 heteroatoms. The second kappa shape index (κ2) is 10.9. The molecule has 2 aromatic carbocycles. The molecule has 4 rings (SSSR count). The van der Waals surface area contributed by atoms with Gasteiger partial charge in [-0.25, -0.2) is 0 Å². The Hall–Kier alpha value is -2.50. The fourth-order valence-corrected chi connectivity index (χ4v) is 4.24. The van der Waals surface area contributed by atoms with Gasteiger partial charge in [-0.15, -0.1) is 0 Å². The van der Waals surface area contributed by atoms with Gasteiger partial charge in [0.25, 0.3) is 0 Å². The van der Waals surface area contributed by atoms with Gasteiger partial charge in [0.05, 0.1) is 5.71 Å². The highest BCUT2D eigenvalue weighted by Gasteiger charge is 2.20. The maximum absolute atomic E-state index is 11.9. The first kappa shape index (κ1) is 22.7. The largest absolute Gasteiger partial charge is 0.490 e. The highest BCUT2D eigenvalue weighted by molar-refractivity contribution is 6.55. The minimum absolute atomic E-state index is 0.191. The molecule has 168 valence electrons. The fraction of sp³-hybridized carbons (Fsp3) is 0.360. The number of hydrogen-bond donors (Lipinski definition) is 0. The molecule has 32 heavy (non-hydrogen) atoms. The van der Waals surface area contributed by atoms with Crippen LogP contribution in [0.5, 0.6) is 11.5 Å². The van der Waals surface area contributed by atoms with E-state index in [2.05, 4.69) is 5.16 Å². The molecule has 0 bridgehead atoms. The molecular weight excluding hydrogens is 449 g/mol. The minimum Gasteiger partial charge on any atom is -0.490 e. The van der Waals surface area contributed by atoms with Crippen LogP contribution in [0.3, 0.4) is 0 Å². The van der Waals surface area contributed by atoms with Crippen LogP contribution in [0.15, 0.2) is 52.1 Å². The van der Waals surface area contributed by atoms with Crippen LogP contribution in [0.2, 0.25) is 0 Å². The van der Waals surface area contributed by atoms with Crippen LogP contribution in [0.25, 0.3) is 0 Å². The van der Waals surface area contributed by atoms with Crippen molar-refractivity contribution in [1.29, 1.82) is 0 Å². The summed E-state index contributed by atoms with van der Waals surface area (Å²) >= 11 is 11.3. The summed E-state index contributed by atoms with van der Waals surface area (Å²) in [6, 6.07) is 11.6. The molecule has 2 aliphatic rings. The van der Waals surface area contributed by atoms with E-state index in [0.29, 0.717) is 26.2 Å². The van der Waals surface area contributed by atoms with Gasteiger partial charge < -0.3 is 14.3 Å². The smallest absolute Gasteiger partial charge is 0.163 e. The number of oxime groups is 1. The number of nitrogens with zero attached hydrogens (tertiary/aromatic N) is 1. The standard InChI is InChI=1S/C25H25Cl2NO4/c26-25(27)12-13-31-24-9-3-5-20-21(24)6-2-7-22(20)28-32-15-14-30-18-10-11-19-17(16-18)4-1-8-23(19)29/h3,5,9-12,16H,1-2,4,6-8,13-15H2/b28-22+. The molecule has 0 saturated carbocycles. The Labute approximate surface area is 197 Å². The summed E-state index contributed by atoms with van der Waals surface area (Å²) in [4.78, 5) is 17.5. The summed E-state index contributed by atoms with van der Waals surface area (Å²) in [5.41, 5.74) is 4.98. The topological polar surface area (TPSA) is 57.1 Å². The first-order valence-corrected chi connectivity index (χ1v) is 11.6. The number of hydrogen-bond acceptors (Lipinski definition) is 5. The van der Waals surface area contributed by atoms with Crippen molar-refractivity contribution in [2.75, 3.05) is 19.8 Å². The van der Waals surface area contributed by atoms with Gasteiger partial charge in [0.15, 0.2) is 12.4 Å². The summed E-state index contributed by atoms with van der Waals surface area (Å²) in [5.74, 6) is 1.79. The van der Waals surface area contributed by atoms with Crippen molar-refractivity contribution in [1.82, 2.24) is 0 Å². The molecule has 2 aromatic rings. The van der Waals surface area contributed by atoms with Crippen molar-refractivity contribution < 1.29 is 19.1 Å². The van der Waals surface area contributed by atoms with Crippen LogP contribution < -0.4 is 9.47 Å². The number of aryl methyl sites for hydroxylation is 1. The van der Waals surface area contributed by atoms with Gasteiger partial charge in [0.2, 0.25) is 0 Å². The van der Waals surface area contributed by atoms with Crippen LogP contribution in [-0.4, -0.2) is 31.3 Å². The number of benzene rings is 2. The van der Waals surface area contributed by atoms with Gasteiger partial charge in [0, 0.05) is 23.1 Å². The van der Waals surface area contributed by atoms with E-state index in [9.17, 15) is 4.79 Å². The van der Waals surface area contributed by atoms with E-state index in [0.717, 1.165) is 71.6 Å². The van der Waals surface area contributed by atoms with Gasteiger partial charge in [-0.2, -0.15) is 0 Å². The van der Waals surface area contributed by atoms with E-state index in [-0.39, 0.29) is 10.3 Å². The number of carbonyl (C=O) groups is 1. The van der Waals surface area contributed by atoms with Crippen LogP contribution in [0.1, 0.15) is 52.7 Å². The molecule has 0 N–H and O–H groups in total. The van der Waals surface area contributed by atoms with Gasteiger partial charge in [-0.3, -0.25) is 4.79 Å². The predicted molar refractivity (Wildman–Crippen MR) is 126 cm³/mol. The molecule has 0 saturated heterocycles. The molecule has 0 heterocycles. The van der Waals surface area contributed by atoms with Crippen molar-refractivity contribution in [2.24, 2.45) is 5.16 Å². The third kappa shape index (κ3) is 5.64. The predicted octanol–water partition coefficient (Wildman–Crippen LogP) is 6.04. The van der Waals surface area contributed by atoms with Crippen LogP contribution in [0.4, 0.5) is 0 Å². The Morgan fingerprint density at radius 2 is 1.84 bits per heavy atom. The average Bonchev–Trinajstić information content (AvgIpc) is 2.79. The normalized spacial score (nSPS) is 16.2. The monoisotopic (exact) mass is 473 g/mol. The van der Waals surface area contributed by atoms with Crippen molar-refractivity contribution >= 4 is 34.7 Å². The molecule has 0 aromatic heterocycles. The average molecular weight is 474 g/mol. The lowest BCUT2D eigenvalue weighted by atomic mass is 9.89. The van der Waals surface area contributed by atoms with Gasteiger partial charge in [0.1, 0.15) is 29.2 Å². The SMILES string of the molecule is O=C1CCCc2cc(OCCO/N=C3\CCCc4c(OCC=C(Cl)Cl)cccc43)ccc21. The summed E-state index contributed by atoms with van der Waals surface area (Å²) in [6.07, 6.45) is 6.83. The third-order valence-electron chi connectivity index (χ3n) is 5.61. The van der Waals surface area contributed by atoms with Gasteiger partial charge in [-0.05, 0) is 68.0 Å². The fourth-order valence-electron chi connectivity index (χ4n) is 4.12. The van der Waals surface area contributed by atoms with Crippen LogP contribution >= 0.6 is 23.2 Å². The zero-order valence-electron chi connectivity index (χ0n) is 17.7. The maximum Gasteiger partial charge on any atom is 0.163 e. The quantitative estimate of drug-likeness (QED) is 0.346. The van der Waals surface area contributed by atoms with Crippen molar-refractivity contribution in [2.45, 2.75) is 38.5 Å². The highest BCUT2D eigenvalue weighted by atomic mass is 35.5. The Kier molecular flexibility index (Phi) is 7.72. The Balaban J connectivity index is 1.32. The summed E-state index contributed by atoms with van der Waals surface area (Å²) in [7, 11) is 0. The summed E-state index contributed by atoms with van der Waals surface area (Å²) in [6.45, 7) is 1.03. The highest BCUT2D eigenvalue weighted by Crippen LogP contribution is 2.30. The van der Waals surface area contributed by atoms with Crippen LogP contribution in [-0.2, 0) is 17.7 Å². The maximum atomic E-state index is 11.9. The molecule has 0 atom stereocenters. The Morgan fingerprint density at radius 1 is 0.969 bits per heavy atom. The zero-order chi connectivity index (χ0) is 22.3. The molecular formula is C25H25Cl2NO4. The van der Waals surface area contributed by atoms with Crippen LogP contribution in [0, 0.1) is 0 Å². The van der Waals surface area contributed by atoms with E-state index < -0.39 is 0 Å². The molecule has 0 spiro atoms. The summed E-state index contributed by atoms with van der Waals surface area (Å²) < 4.78 is 11.8. The number of carbonyl (C=O) groups excluding carboxylic acids is 1. The molecule has 0 radical (unpaired) electrons. The Morgan fingerprint density at radius 3 is 2.72 bits per heavy atom. The van der Waals surface area contributed by atoms with Crippen molar-refractivity contribution in [3.8, 4) is 11.5 Å². The number of halogens is 2. The lowest BCUT2D eigenvalue weighted by Crippen LogP contribution is -2.15. The number of ketones is 1. The van der Waals surface area contributed by atoms with E-state index in [1.165, 1.54) is 0 Å².